The lowest BCUT2D eigenvalue weighted by Gasteiger charge is -2.09. The molecule has 0 saturated heterocycles. The van der Waals surface area contributed by atoms with E-state index in [1.54, 1.807) is 0 Å². The Morgan fingerprint density at radius 2 is 1.21 bits per heavy atom. The predicted octanol–water partition coefficient (Wildman–Crippen LogP) is 3.37. The van der Waals surface area contributed by atoms with Crippen molar-refractivity contribution in [2.75, 3.05) is 14.2 Å². The molecule has 148 valence electrons. The second-order valence-corrected chi connectivity index (χ2v) is 5.33. The Hall–Kier alpha value is -3.89. The summed E-state index contributed by atoms with van der Waals surface area (Å²) in [6.45, 7) is -0.876. The van der Waals surface area contributed by atoms with Gasteiger partial charge in [-0.1, -0.05) is 0 Å². The maximum atomic E-state index is 11.8. The molecule has 2 rings (SSSR count). The molecule has 11 nitrogen and oxygen atoms in total. The van der Waals surface area contributed by atoms with Crippen LogP contribution in [0.4, 0.5) is 16.2 Å². The van der Waals surface area contributed by atoms with Crippen LogP contribution in [0.1, 0.15) is 11.1 Å². The van der Waals surface area contributed by atoms with Crippen molar-refractivity contribution in [3.8, 4) is 11.5 Å². The first kappa shape index (κ1) is 20.4. The standard InChI is InChI=1S/C17H16N2O9/c1-25-13-3-5-15(18(21)22)11(7-13)9-27-17(20)28-10-12-8-14(26-2)4-6-16(12)19(23)24/h3-8H,9-10H2,1-2H3. The van der Waals surface area contributed by atoms with Gasteiger partial charge in [0, 0.05) is 12.1 Å². The molecule has 2 aromatic carbocycles. The van der Waals surface area contributed by atoms with Gasteiger partial charge >= 0.3 is 6.16 Å². The summed E-state index contributed by atoms with van der Waals surface area (Å²) in [7, 11) is 2.78. The molecule has 0 bridgehead atoms. The van der Waals surface area contributed by atoms with E-state index in [1.807, 2.05) is 0 Å². The largest absolute Gasteiger partial charge is 0.508 e. The molecular formula is C17H16N2O9. The number of nitro benzene ring substituents is 2. The molecule has 0 radical (unpaired) electrons. The molecule has 0 N–H and O–H groups in total. The summed E-state index contributed by atoms with van der Waals surface area (Å²) >= 11 is 0. The lowest BCUT2D eigenvalue weighted by Crippen LogP contribution is -2.09. The number of carbonyl (C=O) groups excluding carboxylic acids is 1. The van der Waals surface area contributed by atoms with Crippen LogP contribution in [0.25, 0.3) is 0 Å². The smallest absolute Gasteiger partial charge is 0.497 e. The molecule has 28 heavy (non-hydrogen) atoms. The second kappa shape index (κ2) is 9.16. The number of hydrogen-bond donors (Lipinski definition) is 0. The Bertz CT molecular complexity index is 827. The highest BCUT2D eigenvalue weighted by molar-refractivity contribution is 5.61. The van der Waals surface area contributed by atoms with Crippen molar-refractivity contribution in [3.63, 3.8) is 0 Å². The van der Waals surface area contributed by atoms with E-state index in [2.05, 4.69) is 0 Å². The molecule has 0 aromatic heterocycles. The number of carbonyl (C=O) groups is 1. The highest BCUT2D eigenvalue weighted by Gasteiger charge is 2.19. The molecule has 0 saturated carbocycles. The van der Waals surface area contributed by atoms with Crippen molar-refractivity contribution in [1.29, 1.82) is 0 Å². The van der Waals surface area contributed by atoms with Crippen molar-refractivity contribution in [2.45, 2.75) is 13.2 Å². The zero-order valence-corrected chi connectivity index (χ0v) is 14.9. The van der Waals surface area contributed by atoms with E-state index in [4.69, 9.17) is 18.9 Å². The maximum absolute atomic E-state index is 11.8. The van der Waals surface area contributed by atoms with Gasteiger partial charge in [-0.25, -0.2) is 4.79 Å². The first-order valence-corrected chi connectivity index (χ1v) is 7.78. The average Bonchev–Trinajstić information content (AvgIpc) is 2.69. The highest BCUT2D eigenvalue weighted by atomic mass is 16.7. The van der Waals surface area contributed by atoms with Gasteiger partial charge in [0.2, 0.25) is 0 Å². The average molecular weight is 392 g/mol. The Labute approximate surface area is 158 Å². The van der Waals surface area contributed by atoms with Crippen LogP contribution in [0.2, 0.25) is 0 Å². The Morgan fingerprint density at radius 3 is 1.54 bits per heavy atom. The molecule has 0 aliphatic heterocycles. The quantitative estimate of drug-likeness (QED) is 0.375. The number of benzene rings is 2. The summed E-state index contributed by atoms with van der Waals surface area (Å²) in [6, 6.07) is 7.98. The summed E-state index contributed by atoms with van der Waals surface area (Å²) in [5.74, 6) is 0.703. The molecule has 0 aliphatic rings. The van der Waals surface area contributed by atoms with Gasteiger partial charge in [0.1, 0.15) is 24.7 Å². The Balaban J connectivity index is 2.04. The Morgan fingerprint density at radius 1 is 0.821 bits per heavy atom. The molecule has 0 spiro atoms. The van der Waals surface area contributed by atoms with Gasteiger partial charge in [-0.3, -0.25) is 20.2 Å². The minimum atomic E-state index is -1.14. The fourth-order valence-electron chi connectivity index (χ4n) is 2.28. The molecule has 0 amide bonds. The van der Waals surface area contributed by atoms with Gasteiger partial charge in [-0.05, 0) is 24.3 Å². The molecular weight excluding hydrogens is 376 g/mol. The number of hydrogen-bond acceptors (Lipinski definition) is 9. The number of methoxy groups -OCH3 is 2. The third kappa shape index (κ3) is 5.06. The van der Waals surface area contributed by atoms with E-state index in [1.165, 1.54) is 50.6 Å². The first-order chi connectivity index (χ1) is 13.3. The van der Waals surface area contributed by atoms with Crippen molar-refractivity contribution in [1.82, 2.24) is 0 Å². The van der Waals surface area contributed by atoms with Crippen molar-refractivity contribution >= 4 is 17.5 Å². The van der Waals surface area contributed by atoms with E-state index in [0.717, 1.165) is 0 Å². The third-order valence-electron chi connectivity index (χ3n) is 3.66. The summed E-state index contributed by atoms with van der Waals surface area (Å²) in [6.07, 6.45) is -1.14. The first-order valence-electron chi connectivity index (χ1n) is 7.78. The zero-order chi connectivity index (χ0) is 20.7. The van der Waals surface area contributed by atoms with Crippen LogP contribution >= 0.6 is 0 Å². The number of rotatable bonds is 8. The van der Waals surface area contributed by atoms with E-state index in [9.17, 15) is 25.0 Å². The summed E-state index contributed by atoms with van der Waals surface area (Å²) in [5.41, 5.74) is -0.295. The highest BCUT2D eigenvalue weighted by Crippen LogP contribution is 2.26. The van der Waals surface area contributed by atoms with Crippen LogP contribution in [0.15, 0.2) is 36.4 Å². The van der Waals surface area contributed by atoms with Crippen molar-refractivity contribution in [3.05, 3.63) is 67.8 Å². The minimum Gasteiger partial charge on any atom is -0.497 e. The van der Waals surface area contributed by atoms with Crippen LogP contribution in [0.5, 0.6) is 11.5 Å². The Kier molecular flexibility index (Phi) is 6.68. The van der Waals surface area contributed by atoms with Gasteiger partial charge in [0.05, 0.1) is 35.2 Å². The lowest BCUT2D eigenvalue weighted by atomic mass is 10.2. The third-order valence-corrected chi connectivity index (χ3v) is 3.66. The fraction of sp³-hybridized carbons (Fsp3) is 0.235. The lowest BCUT2D eigenvalue weighted by molar-refractivity contribution is -0.385. The van der Waals surface area contributed by atoms with Crippen molar-refractivity contribution in [2.24, 2.45) is 0 Å². The van der Waals surface area contributed by atoms with Gasteiger partial charge in [-0.15, -0.1) is 0 Å². The minimum absolute atomic E-state index is 0.105. The maximum Gasteiger partial charge on any atom is 0.508 e. The van der Waals surface area contributed by atoms with Gasteiger partial charge in [0.15, 0.2) is 0 Å². The summed E-state index contributed by atoms with van der Waals surface area (Å²) in [5, 5.41) is 22.1. The second-order valence-electron chi connectivity index (χ2n) is 5.33. The fourth-order valence-corrected chi connectivity index (χ4v) is 2.28. The summed E-state index contributed by atoms with van der Waals surface area (Å²) in [4.78, 5) is 32.7. The predicted molar refractivity (Wildman–Crippen MR) is 94.3 cm³/mol. The van der Waals surface area contributed by atoms with E-state index < -0.39 is 29.2 Å². The normalized spacial score (nSPS) is 10.1. The molecule has 0 atom stereocenters. The monoisotopic (exact) mass is 392 g/mol. The van der Waals surface area contributed by atoms with Gasteiger partial charge in [-0.2, -0.15) is 0 Å². The van der Waals surface area contributed by atoms with Crippen LogP contribution in [0, 0.1) is 20.2 Å². The SMILES string of the molecule is COc1ccc([N+](=O)[O-])c(COC(=O)OCc2cc(OC)ccc2[N+](=O)[O-])c1. The van der Waals surface area contributed by atoms with Gasteiger partial charge < -0.3 is 18.9 Å². The molecule has 0 fully saturated rings. The molecule has 0 aliphatic carbocycles. The molecule has 11 heteroatoms. The van der Waals surface area contributed by atoms with E-state index in [0.29, 0.717) is 11.5 Å². The van der Waals surface area contributed by atoms with Crippen LogP contribution in [-0.4, -0.2) is 30.2 Å². The molecule has 2 aromatic rings. The molecule has 0 heterocycles. The number of ether oxygens (including phenoxy) is 4. The van der Waals surface area contributed by atoms with Crippen molar-refractivity contribution < 1.29 is 33.6 Å². The van der Waals surface area contributed by atoms with E-state index >= 15 is 0 Å². The van der Waals surface area contributed by atoms with Crippen LogP contribution in [0.3, 0.4) is 0 Å². The summed E-state index contributed by atoms with van der Waals surface area (Å²) < 4.78 is 19.7. The van der Waals surface area contributed by atoms with E-state index in [-0.39, 0.29) is 22.5 Å². The molecule has 0 unspecified atom stereocenters. The topological polar surface area (TPSA) is 140 Å². The van der Waals surface area contributed by atoms with Crippen LogP contribution in [-0.2, 0) is 22.7 Å². The number of nitrogens with zero attached hydrogens (tertiary/aromatic N) is 2. The van der Waals surface area contributed by atoms with Gasteiger partial charge in [0.25, 0.3) is 11.4 Å². The van der Waals surface area contributed by atoms with Crippen LogP contribution < -0.4 is 9.47 Å². The zero-order valence-electron chi connectivity index (χ0n) is 14.9. The number of nitro groups is 2.